The number of ether oxygens (including phenoxy) is 2. The van der Waals surface area contributed by atoms with Crippen molar-refractivity contribution in [1.29, 1.82) is 0 Å². The maximum Gasteiger partial charge on any atom is 0.195 e. The third-order valence-electron chi connectivity index (χ3n) is 3.71. The molecule has 8 heteroatoms. The zero-order valence-corrected chi connectivity index (χ0v) is 12.9. The highest BCUT2D eigenvalue weighted by Crippen LogP contribution is 2.36. The summed E-state index contributed by atoms with van der Waals surface area (Å²) in [6, 6.07) is 0. The lowest BCUT2D eigenvalue weighted by atomic mass is 9.78. The van der Waals surface area contributed by atoms with E-state index in [1.54, 1.807) is 6.92 Å². The largest absolute Gasteiger partial charge is 0.488 e. The van der Waals surface area contributed by atoms with Gasteiger partial charge in [0, 0.05) is 1.37 Å². The smallest absolute Gasteiger partial charge is 0.195 e. The van der Waals surface area contributed by atoms with Gasteiger partial charge < -0.3 is 30.5 Å². The Morgan fingerprint density at radius 1 is 1.62 bits per heavy atom. The molecule has 0 radical (unpaired) electrons. The highest BCUT2D eigenvalue weighted by Gasteiger charge is 2.60. The Labute approximate surface area is 130 Å². The molecule has 1 aliphatic rings. The molecule has 1 aliphatic heterocycles. The molecule has 0 aromatic carbocycles. The Morgan fingerprint density at radius 2 is 2.24 bits per heavy atom. The summed E-state index contributed by atoms with van der Waals surface area (Å²) in [5.74, 6) is -0.828. The van der Waals surface area contributed by atoms with Gasteiger partial charge >= 0.3 is 0 Å². The summed E-state index contributed by atoms with van der Waals surface area (Å²) in [5.41, 5.74) is 2.32. The highest BCUT2D eigenvalue weighted by molar-refractivity contribution is 7.80. The summed E-state index contributed by atoms with van der Waals surface area (Å²) >= 11 is 5.01. The molecule has 0 bridgehead atoms. The van der Waals surface area contributed by atoms with Crippen LogP contribution in [0.2, 0.25) is 0 Å². The average molecular weight is 322 g/mol. The van der Waals surface area contributed by atoms with E-state index < -0.39 is 48.7 Å². The summed E-state index contributed by atoms with van der Waals surface area (Å²) < 4.78 is 17.9. The Bertz CT molecular complexity index is 439. The Kier molecular flexibility index (Phi) is 5.29. The molecule has 5 atom stereocenters. The van der Waals surface area contributed by atoms with Gasteiger partial charge in [-0.15, -0.1) is 0 Å². The molecule has 0 aliphatic carbocycles. The number of rotatable bonds is 6. The van der Waals surface area contributed by atoms with Gasteiger partial charge in [0.15, 0.2) is 16.4 Å². The molecular weight excluding hydrogens is 298 g/mol. The maximum atomic E-state index is 12.9. The second-order valence-corrected chi connectivity index (χ2v) is 5.58. The van der Waals surface area contributed by atoms with E-state index in [1.165, 1.54) is 7.11 Å². The number of carbonyl (C=O) groups excluding carboxylic acids is 1. The average Bonchev–Trinajstić information content (AvgIpc) is 2.78. The molecule has 21 heavy (non-hydrogen) atoms. The number of hydrogen-bond acceptors (Lipinski definition) is 8. The van der Waals surface area contributed by atoms with Crippen molar-refractivity contribution in [2.24, 2.45) is 5.73 Å². The van der Waals surface area contributed by atoms with Gasteiger partial charge in [-0.05, 0) is 25.5 Å². The molecule has 0 saturated carbocycles. The monoisotopic (exact) mass is 322 g/mol. The summed E-state index contributed by atoms with van der Waals surface area (Å²) in [6.45, 7) is 0.515. The number of thiocarbonyl (C=S) groups is 1. The van der Waals surface area contributed by atoms with Crippen LogP contribution in [0.5, 0.6) is 0 Å². The van der Waals surface area contributed by atoms with Crippen molar-refractivity contribution in [3.05, 3.63) is 0 Å². The first-order valence-corrected chi connectivity index (χ1v) is 7.02. The summed E-state index contributed by atoms with van der Waals surface area (Å²) in [4.78, 5) is 12.9. The number of methoxy groups -OCH3 is 1. The van der Waals surface area contributed by atoms with E-state index in [9.17, 15) is 20.1 Å². The van der Waals surface area contributed by atoms with Crippen molar-refractivity contribution in [2.75, 3.05) is 13.7 Å². The van der Waals surface area contributed by atoms with Crippen molar-refractivity contribution in [3.63, 3.8) is 0 Å². The Balaban J connectivity index is 3.28. The van der Waals surface area contributed by atoms with Gasteiger partial charge in [0.2, 0.25) is 0 Å². The summed E-state index contributed by atoms with van der Waals surface area (Å²) in [6.07, 6.45) is -3.72. The SMILES string of the molecule is [2H]CC1(C(=O)C(N)(CCC)C(=S)OC)O[C@H](CO)[C@@H](O)[C@H]1O. The zero-order chi connectivity index (χ0) is 17.1. The molecule has 1 saturated heterocycles. The molecule has 0 aromatic rings. The molecule has 1 heterocycles. The lowest BCUT2D eigenvalue weighted by Gasteiger charge is -2.36. The fraction of sp³-hybridized carbons (Fsp3) is 0.846. The van der Waals surface area contributed by atoms with Crippen molar-refractivity contribution in [3.8, 4) is 0 Å². The second-order valence-electron chi connectivity index (χ2n) is 5.21. The van der Waals surface area contributed by atoms with Crippen LogP contribution in [-0.2, 0) is 14.3 Å². The zero-order valence-electron chi connectivity index (χ0n) is 13.1. The number of Topliss-reactive ketones (excluding diaryl/α,β-unsaturated/α-hetero) is 1. The van der Waals surface area contributed by atoms with Gasteiger partial charge in [-0.1, -0.05) is 13.3 Å². The lowest BCUT2D eigenvalue weighted by molar-refractivity contribution is -0.154. The first-order chi connectivity index (χ1) is 10.2. The van der Waals surface area contributed by atoms with Gasteiger partial charge in [-0.25, -0.2) is 0 Å². The van der Waals surface area contributed by atoms with Gasteiger partial charge in [0.1, 0.15) is 23.9 Å². The second kappa shape index (κ2) is 6.64. The fourth-order valence-electron chi connectivity index (χ4n) is 2.48. The third kappa shape index (κ3) is 2.96. The van der Waals surface area contributed by atoms with Crippen molar-refractivity contribution < 1.29 is 31.0 Å². The fourth-order valence-corrected chi connectivity index (χ4v) is 2.68. The molecule has 7 nitrogen and oxygen atoms in total. The van der Waals surface area contributed by atoms with E-state index >= 15 is 0 Å². The predicted molar refractivity (Wildman–Crippen MR) is 78.8 cm³/mol. The molecule has 0 amide bonds. The standard InChI is InChI=1S/C13H23NO6S/c1-4-5-13(14,11(21)19-3)10(18)12(2)9(17)8(16)7(6-15)20-12/h7-9,15-17H,4-6,14H2,1-3H3/t7-,8-,9-,12?,13?/m1/s1/i2D. The van der Waals surface area contributed by atoms with Crippen molar-refractivity contribution in [1.82, 2.24) is 0 Å². The van der Waals surface area contributed by atoms with Crippen LogP contribution >= 0.6 is 12.2 Å². The van der Waals surface area contributed by atoms with E-state index in [0.717, 1.165) is 0 Å². The summed E-state index contributed by atoms with van der Waals surface area (Å²) in [5, 5.41) is 29.1. The molecule has 1 fully saturated rings. The van der Waals surface area contributed by atoms with Crippen LogP contribution in [-0.4, -0.2) is 69.3 Å². The van der Waals surface area contributed by atoms with Crippen LogP contribution in [0, 0.1) is 0 Å². The molecule has 1 rings (SSSR count). The highest BCUT2D eigenvalue weighted by atomic mass is 32.1. The number of aliphatic hydroxyl groups is 3. The molecule has 0 aromatic heterocycles. The van der Waals surface area contributed by atoms with Crippen molar-refractivity contribution in [2.45, 2.75) is 56.1 Å². The topological polar surface area (TPSA) is 122 Å². The minimum absolute atomic E-state index is 0.135. The minimum atomic E-state index is -2.06. The maximum absolute atomic E-state index is 12.9. The van der Waals surface area contributed by atoms with Gasteiger partial charge in [0.25, 0.3) is 0 Å². The number of ketones is 1. The minimum Gasteiger partial charge on any atom is -0.488 e. The van der Waals surface area contributed by atoms with Gasteiger partial charge in [0.05, 0.1) is 13.7 Å². The van der Waals surface area contributed by atoms with E-state index in [-0.39, 0.29) is 11.5 Å². The van der Waals surface area contributed by atoms with E-state index in [0.29, 0.717) is 6.42 Å². The van der Waals surface area contributed by atoms with Gasteiger partial charge in [-0.3, -0.25) is 4.79 Å². The molecule has 5 N–H and O–H groups in total. The van der Waals surface area contributed by atoms with Crippen LogP contribution in [0.3, 0.4) is 0 Å². The molecule has 0 spiro atoms. The lowest BCUT2D eigenvalue weighted by Crippen LogP contribution is -2.64. The van der Waals surface area contributed by atoms with Crippen LogP contribution < -0.4 is 5.73 Å². The van der Waals surface area contributed by atoms with E-state index in [2.05, 4.69) is 0 Å². The first-order valence-electron chi connectivity index (χ1n) is 7.32. The predicted octanol–water partition coefficient (Wildman–Crippen LogP) is -1.10. The Morgan fingerprint density at radius 3 is 2.62 bits per heavy atom. The number of nitrogens with two attached hydrogens (primary N) is 1. The number of carbonyl (C=O) groups is 1. The van der Waals surface area contributed by atoms with Crippen LogP contribution in [0.1, 0.15) is 28.0 Å². The normalized spacial score (nSPS) is 35.9. The quantitative estimate of drug-likeness (QED) is 0.455. The van der Waals surface area contributed by atoms with E-state index in [4.69, 9.17) is 28.8 Å². The van der Waals surface area contributed by atoms with Gasteiger partial charge in [-0.2, -0.15) is 0 Å². The van der Waals surface area contributed by atoms with Crippen LogP contribution in [0.4, 0.5) is 0 Å². The first kappa shape index (κ1) is 16.7. The third-order valence-corrected chi connectivity index (χ3v) is 4.24. The van der Waals surface area contributed by atoms with Crippen LogP contribution in [0.15, 0.2) is 0 Å². The molecular formula is C13H23NO6S. The number of aliphatic hydroxyl groups excluding tert-OH is 3. The molecule has 122 valence electrons. The van der Waals surface area contributed by atoms with Crippen LogP contribution in [0.25, 0.3) is 0 Å². The van der Waals surface area contributed by atoms with Crippen molar-refractivity contribution >= 4 is 23.1 Å². The molecule has 2 unspecified atom stereocenters. The van der Waals surface area contributed by atoms with E-state index in [1.807, 2.05) is 0 Å². The summed E-state index contributed by atoms with van der Waals surface area (Å²) in [7, 11) is 1.28. The Hall–Kier alpha value is -0.640. The number of hydrogen-bond donors (Lipinski definition) is 4.